The fraction of sp³-hybridized carbons (Fsp3) is 0.684. The summed E-state index contributed by atoms with van der Waals surface area (Å²) in [6.07, 6.45) is 10.5. The number of benzene rings is 1. The number of hydrogen-bond donors (Lipinski definition) is 1. The van der Waals surface area contributed by atoms with E-state index in [1.807, 2.05) is 6.92 Å². The molecule has 1 aliphatic heterocycles. The van der Waals surface area contributed by atoms with Crippen LogP contribution in [0.25, 0.3) is 0 Å². The molecule has 1 saturated heterocycles. The molecule has 0 atom stereocenters. The van der Waals surface area contributed by atoms with Gasteiger partial charge in [0, 0.05) is 18.7 Å². The van der Waals surface area contributed by atoms with Crippen LogP contribution in [0.15, 0.2) is 0 Å². The van der Waals surface area contributed by atoms with E-state index in [1.54, 1.807) is 0 Å². The lowest BCUT2D eigenvalue weighted by Crippen LogP contribution is -2.30. The van der Waals surface area contributed by atoms with Crippen LogP contribution >= 0.6 is 23.2 Å². The number of hydrogen-bond acceptors (Lipinski definition) is 2. The summed E-state index contributed by atoms with van der Waals surface area (Å²) in [6.45, 7) is 6.15. The van der Waals surface area contributed by atoms with Gasteiger partial charge in [-0.3, -0.25) is 0 Å². The summed E-state index contributed by atoms with van der Waals surface area (Å²) >= 11 is 12.9. The van der Waals surface area contributed by atoms with Gasteiger partial charge in [-0.15, -0.1) is 0 Å². The van der Waals surface area contributed by atoms with Crippen LogP contribution in [-0.2, 0) is 6.42 Å². The van der Waals surface area contributed by atoms with Crippen molar-refractivity contribution < 1.29 is 5.11 Å². The molecule has 0 aromatic heterocycles. The third kappa shape index (κ3) is 4.48. The van der Waals surface area contributed by atoms with E-state index in [1.165, 1.54) is 44.9 Å². The number of halogens is 2. The molecule has 0 unspecified atom stereocenters. The van der Waals surface area contributed by atoms with Crippen LogP contribution in [0, 0.1) is 6.92 Å². The first-order valence-electron chi connectivity index (χ1n) is 9.02. The first kappa shape index (κ1) is 18.7. The van der Waals surface area contributed by atoms with Gasteiger partial charge in [0.05, 0.1) is 15.7 Å². The molecule has 1 aromatic rings. The van der Waals surface area contributed by atoms with Crippen molar-refractivity contribution >= 4 is 28.9 Å². The van der Waals surface area contributed by atoms with Crippen molar-refractivity contribution in [3.05, 3.63) is 21.2 Å². The van der Waals surface area contributed by atoms with Crippen molar-refractivity contribution in [2.24, 2.45) is 0 Å². The van der Waals surface area contributed by atoms with Gasteiger partial charge in [0.1, 0.15) is 5.75 Å². The zero-order valence-corrected chi connectivity index (χ0v) is 15.9. The maximum absolute atomic E-state index is 10.6. The molecule has 1 fully saturated rings. The van der Waals surface area contributed by atoms with Crippen molar-refractivity contribution in [1.82, 2.24) is 0 Å². The van der Waals surface area contributed by atoms with Crippen LogP contribution in [0.4, 0.5) is 5.69 Å². The van der Waals surface area contributed by atoms with Gasteiger partial charge in [0.15, 0.2) is 0 Å². The smallest absolute Gasteiger partial charge is 0.139 e. The first-order chi connectivity index (χ1) is 11.1. The summed E-state index contributed by atoms with van der Waals surface area (Å²) in [5.74, 6) is 0.240. The largest absolute Gasteiger partial charge is 0.506 e. The first-order valence-corrected chi connectivity index (χ1v) is 9.77. The molecule has 0 radical (unpaired) electrons. The number of nitrogens with zero attached hydrogens (tertiary/aromatic N) is 1. The molecule has 1 N–H and O–H groups in total. The van der Waals surface area contributed by atoms with Gasteiger partial charge >= 0.3 is 0 Å². The van der Waals surface area contributed by atoms with Crippen LogP contribution in [0.2, 0.25) is 10.0 Å². The Morgan fingerprint density at radius 2 is 1.61 bits per heavy atom. The summed E-state index contributed by atoms with van der Waals surface area (Å²) in [4.78, 5) is 2.34. The van der Waals surface area contributed by atoms with Gasteiger partial charge in [-0.05, 0) is 44.6 Å². The number of phenolic OH excluding ortho intramolecular Hbond substituents is 1. The summed E-state index contributed by atoms with van der Waals surface area (Å²) in [5.41, 5.74) is 2.77. The Bertz CT molecular complexity index is 525. The SMILES string of the molecule is CCCCCCCc1c(O)c(Cl)c(C)c(Cl)c1N1CCCCC1. The van der Waals surface area contributed by atoms with Gasteiger partial charge in [-0.2, -0.15) is 0 Å². The number of phenols is 1. The molecule has 1 aromatic carbocycles. The van der Waals surface area contributed by atoms with Gasteiger partial charge in [0.25, 0.3) is 0 Å². The Morgan fingerprint density at radius 3 is 2.26 bits per heavy atom. The highest BCUT2D eigenvalue weighted by atomic mass is 35.5. The van der Waals surface area contributed by atoms with Crippen LogP contribution in [-0.4, -0.2) is 18.2 Å². The average Bonchev–Trinajstić information content (AvgIpc) is 2.58. The highest BCUT2D eigenvalue weighted by molar-refractivity contribution is 6.39. The van der Waals surface area contributed by atoms with Crippen molar-refractivity contribution in [2.45, 2.75) is 71.6 Å². The number of rotatable bonds is 7. The summed E-state index contributed by atoms with van der Waals surface area (Å²) in [6, 6.07) is 0. The van der Waals surface area contributed by atoms with Crippen LogP contribution in [0.5, 0.6) is 5.75 Å². The van der Waals surface area contributed by atoms with E-state index in [0.717, 1.165) is 47.8 Å². The Labute approximate surface area is 150 Å². The molecule has 130 valence electrons. The highest BCUT2D eigenvalue weighted by Gasteiger charge is 2.24. The zero-order chi connectivity index (χ0) is 16.8. The van der Waals surface area contributed by atoms with E-state index in [4.69, 9.17) is 23.2 Å². The quantitative estimate of drug-likeness (QED) is 0.562. The summed E-state index contributed by atoms with van der Waals surface area (Å²) in [7, 11) is 0. The normalized spacial score (nSPS) is 15.2. The van der Waals surface area contributed by atoms with E-state index in [-0.39, 0.29) is 5.75 Å². The van der Waals surface area contributed by atoms with Gasteiger partial charge in [0.2, 0.25) is 0 Å². The summed E-state index contributed by atoms with van der Waals surface area (Å²) < 4.78 is 0. The molecule has 1 aliphatic rings. The Hall–Kier alpha value is -0.600. The predicted octanol–water partition coefficient (Wildman–Crippen LogP) is 6.51. The van der Waals surface area contributed by atoms with E-state index in [2.05, 4.69) is 11.8 Å². The van der Waals surface area contributed by atoms with E-state index in [0.29, 0.717) is 5.02 Å². The Balaban J connectivity index is 2.26. The minimum absolute atomic E-state index is 0.240. The predicted molar refractivity (Wildman–Crippen MR) is 101 cm³/mol. The molecule has 23 heavy (non-hydrogen) atoms. The maximum Gasteiger partial charge on any atom is 0.139 e. The highest BCUT2D eigenvalue weighted by Crippen LogP contribution is 2.45. The van der Waals surface area contributed by atoms with Crippen LogP contribution in [0.3, 0.4) is 0 Å². The molecule has 0 amide bonds. The molecule has 0 aliphatic carbocycles. The van der Waals surface area contributed by atoms with E-state index >= 15 is 0 Å². The molecular weight excluding hydrogens is 329 g/mol. The number of anilines is 1. The number of aromatic hydroxyl groups is 1. The summed E-state index contributed by atoms with van der Waals surface area (Å²) in [5, 5.41) is 11.7. The Kier molecular flexibility index (Phi) is 7.36. The lowest BCUT2D eigenvalue weighted by Gasteiger charge is -2.32. The second kappa shape index (κ2) is 9.03. The standard InChI is InChI=1S/C19H29Cl2NO/c1-3-4-5-6-8-11-15-18(22-12-9-7-10-13-22)16(20)14(2)17(21)19(15)23/h23H,3-13H2,1-2H3. The van der Waals surface area contributed by atoms with Crippen molar-refractivity contribution in [3.8, 4) is 5.75 Å². The average molecular weight is 358 g/mol. The third-order valence-electron chi connectivity index (χ3n) is 4.85. The molecule has 2 nitrogen and oxygen atoms in total. The second-order valence-corrected chi connectivity index (χ2v) is 7.40. The lowest BCUT2D eigenvalue weighted by atomic mass is 9.98. The van der Waals surface area contributed by atoms with Crippen molar-refractivity contribution in [3.63, 3.8) is 0 Å². The van der Waals surface area contributed by atoms with Crippen molar-refractivity contribution in [1.29, 1.82) is 0 Å². The molecule has 1 heterocycles. The zero-order valence-electron chi connectivity index (χ0n) is 14.4. The fourth-order valence-electron chi connectivity index (χ4n) is 3.42. The molecule has 0 saturated carbocycles. The minimum Gasteiger partial charge on any atom is -0.506 e. The van der Waals surface area contributed by atoms with Crippen LogP contribution in [0.1, 0.15) is 69.4 Å². The molecule has 4 heteroatoms. The van der Waals surface area contributed by atoms with E-state index < -0.39 is 0 Å². The fourth-order valence-corrected chi connectivity index (χ4v) is 4.00. The molecule has 0 bridgehead atoms. The van der Waals surface area contributed by atoms with Gasteiger partial charge < -0.3 is 10.0 Å². The topological polar surface area (TPSA) is 23.5 Å². The van der Waals surface area contributed by atoms with E-state index in [9.17, 15) is 5.11 Å². The second-order valence-electron chi connectivity index (χ2n) is 6.64. The van der Waals surface area contributed by atoms with Gasteiger partial charge in [-0.25, -0.2) is 0 Å². The lowest BCUT2D eigenvalue weighted by molar-refractivity contribution is 0.465. The third-order valence-corrected chi connectivity index (χ3v) is 5.77. The Morgan fingerprint density at radius 1 is 0.957 bits per heavy atom. The van der Waals surface area contributed by atoms with Gasteiger partial charge in [-0.1, -0.05) is 55.8 Å². The monoisotopic (exact) mass is 357 g/mol. The molecular formula is C19H29Cl2NO. The van der Waals surface area contributed by atoms with Crippen LogP contribution < -0.4 is 4.90 Å². The molecule has 0 spiro atoms. The molecule has 2 rings (SSSR count). The van der Waals surface area contributed by atoms with Crippen molar-refractivity contribution in [2.75, 3.05) is 18.0 Å². The number of piperidine rings is 1. The minimum atomic E-state index is 0.240. The number of unbranched alkanes of at least 4 members (excludes halogenated alkanes) is 4. The maximum atomic E-state index is 10.6.